The molecule has 21 heavy (non-hydrogen) atoms. The predicted molar refractivity (Wildman–Crippen MR) is 79.3 cm³/mol. The molecular weight excluding hydrogens is 268 g/mol. The number of ether oxygens (including phenoxy) is 1. The van der Waals surface area contributed by atoms with Gasteiger partial charge < -0.3 is 15.0 Å². The summed E-state index contributed by atoms with van der Waals surface area (Å²) >= 11 is 0. The SMILES string of the molecule is COC(=O)c1cncc(N2CCC(C3CCCN3)CC2)n1. The van der Waals surface area contributed by atoms with Gasteiger partial charge in [-0.1, -0.05) is 0 Å². The van der Waals surface area contributed by atoms with E-state index < -0.39 is 5.97 Å². The molecular formula is C15H22N4O2. The summed E-state index contributed by atoms with van der Waals surface area (Å²) in [6.45, 7) is 3.11. The number of piperidine rings is 1. The first-order chi connectivity index (χ1) is 10.3. The maximum Gasteiger partial charge on any atom is 0.358 e. The van der Waals surface area contributed by atoms with Crippen molar-refractivity contribution >= 4 is 11.8 Å². The van der Waals surface area contributed by atoms with Gasteiger partial charge in [0.15, 0.2) is 5.69 Å². The molecule has 0 saturated carbocycles. The fraction of sp³-hybridized carbons (Fsp3) is 0.667. The lowest BCUT2D eigenvalue weighted by Crippen LogP contribution is -2.41. The molecule has 2 aliphatic rings. The third-order valence-electron chi connectivity index (χ3n) is 4.55. The monoisotopic (exact) mass is 290 g/mol. The Hall–Kier alpha value is -1.69. The third kappa shape index (κ3) is 3.15. The van der Waals surface area contributed by atoms with Crippen LogP contribution < -0.4 is 10.2 Å². The van der Waals surface area contributed by atoms with Crippen LogP contribution in [0, 0.1) is 5.92 Å². The van der Waals surface area contributed by atoms with Crippen LogP contribution in [0.2, 0.25) is 0 Å². The van der Waals surface area contributed by atoms with Crippen molar-refractivity contribution in [2.75, 3.05) is 31.6 Å². The molecule has 6 nitrogen and oxygen atoms in total. The van der Waals surface area contributed by atoms with Crippen molar-refractivity contribution in [3.05, 3.63) is 18.1 Å². The molecule has 0 amide bonds. The molecule has 1 aromatic heterocycles. The molecule has 114 valence electrons. The molecule has 2 saturated heterocycles. The van der Waals surface area contributed by atoms with E-state index in [1.54, 1.807) is 6.20 Å². The number of rotatable bonds is 3. The maximum atomic E-state index is 11.5. The van der Waals surface area contributed by atoms with Crippen LogP contribution >= 0.6 is 0 Å². The molecule has 6 heteroatoms. The van der Waals surface area contributed by atoms with Crippen molar-refractivity contribution in [1.29, 1.82) is 0 Å². The van der Waals surface area contributed by atoms with E-state index >= 15 is 0 Å². The van der Waals surface area contributed by atoms with Crippen LogP contribution in [-0.4, -0.2) is 48.7 Å². The minimum absolute atomic E-state index is 0.273. The topological polar surface area (TPSA) is 67.3 Å². The third-order valence-corrected chi connectivity index (χ3v) is 4.55. The van der Waals surface area contributed by atoms with Gasteiger partial charge in [0.25, 0.3) is 0 Å². The highest BCUT2D eigenvalue weighted by Gasteiger charge is 2.29. The molecule has 3 rings (SSSR count). The van der Waals surface area contributed by atoms with E-state index in [0.717, 1.165) is 31.4 Å². The summed E-state index contributed by atoms with van der Waals surface area (Å²) in [4.78, 5) is 22.2. The lowest BCUT2D eigenvalue weighted by Gasteiger charge is -2.35. The number of nitrogens with one attached hydrogen (secondary N) is 1. The standard InChI is InChI=1S/C15H22N4O2/c1-21-15(20)13-9-16-10-14(18-13)19-7-4-11(5-8-19)12-3-2-6-17-12/h9-12,17H,2-8H2,1H3. The van der Waals surface area contributed by atoms with Crippen LogP contribution in [0.1, 0.15) is 36.2 Å². The van der Waals surface area contributed by atoms with Crippen LogP contribution in [-0.2, 0) is 4.74 Å². The van der Waals surface area contributed by atoms with E-state index in [4.69, 9.17) is 4.74 Å². The Labute approximate surface area is 124 Å². The van der Waals surface area contributed by atoms with Gasteiger partial charge in [-0.3, -0.25) is 4.98 Å². The lowest BCUT2D eigenvalue weighted by atomic mass is 9.88. The van der Waals surface area contributed by atoms with Gasteiger partial charge in [-0.25, -0.2) is 9.78 Å². The molecule has 1 unspecified atom stereocenters. The Morgan fingerprint density at radius 3 is 2.81 bits per heavy atom. The van der Waals surface area contributed by atoms with Crippen molar-refractivity contribution in [2.45, 2.75) is 31.7 Å². The molecule has 1 N–H and O–H groups in total. The number of aromatic nitrogens is 2. The zero-order valence-electron chi connectivity index (χ0n) is 12.4. The van der Waals surface area contributed by atoms with E-state index in [1.165, 1.54) is 39.0 Å². The molecule has 0 spiro atoms. The first-order valence-corrected chi connectivity index (χ1v) is 7.66. The molecule has 2 fully saturated rings. The quantitative estimate of drug-likeness (QED) is 0.845. The zero-order chi connectivity index (χ0) is 14.7. The highest BCUT2D eigenvalue weighted by atomic mass is 16.5. The highest BCUT2D eigenvalue weighted by Crippen LogP contribution is 2.27. The molecule has 0 aliphatic carbocycles. The van der Waals surface area contributed by atoms with Crippen LogP contribution in [0.25, 0.3) is 0 Å². The van der Waals surface area contributed by atoms with Crippen molar-refractivity contribution in [1.82, 2.24) is 15.3 Å². The maximum absolute atomic E-state index is 11.5. The van der Waals surface area contributed by atoms with E-state index in [1.807, 2.05) is 0 Å². The summed E-state index contributed by atoms with van der Waals surface area (Å²) in [6, 6.07) is 0.694. The first-order valence-electron chi connectivity index (χ1n) is 7.66. The Morgan fingerprint density at radius 1 is 1.33 bits per heavy atom. The normalized spacial score (nSPS) is 23.3. The lowest BCUT2D eigenvalue weighted by molar-refractivity contribution is 0.0593. The number of anilines is 1. The molecule has 0 aromatic carbocycles. The number of esters is 1. The second-order valence-electron chi connectivity index (χ2n) is 5.78. The summed E-state index contributed by atoms with van der Waals surface area (Å²) in [5.41, 5.74) is 0.273. The van der Waals surface area contributed by atoms with Crippen molar-refractivity contribution in [3.63, 3.8) is 0 Å². The minimum Gasteiger partial charge on any atom is -0.464 e. The Morgan fingerprint density at radius 2 is 2.14 bits per heavy atom. The second kappa shape index (κ2) is 6.39. The van der Waals surface area contributed by atoms with Crippen molar-refractivity contribution in [3.8, 4) is 0 Å². The Bertz CT molecular complexity index is 494. The number of carbonyl (C=O) groups excluding carboxylic acids is 1. The second-order valence-corrected chi connectivity index (χ2v) is 5.78. The average Bonchev–Trinajstić information content (AvgIpc) is 3.09. The van der Waals surface area contributed by atoms with Crippen LogP contribution in [0.5, 0.6) is 0 Å². The highest BCUT2D eigenvalue weighted by molar-refractivity contribution is 5.87. The van der Waals surface area contributed by atoms with Crippen molar-refractivity contribution < 1.29 is 9.53 Å². The van der Waals surface area contributed by atoms with Crippen LogP contribution in [0.3, 0.4) is 0 Å². The average molecular weight is 290 g/mol. The fourth-order valence-electron chi connectivity index (χ4n) is 3.36. The van der Waals surface area contributed by atoms with Gasteiger partial charge in [0.2, 0.25) is 0 Å². The zero-order valence-corrected chi connectivity index (χ0v) is 12.4. The molecule has 3 heterocycles. The number of methoxy groups -OCH3 is 1. The van der Waals surface area contributed by atoms with Gasteiger partial charge in [-0.05, 0) is 38.1 Å². The van der Waals surface area contributed by atoms with Crippen molar-refractivity contribution in [2.24, 2.45) is 5.92 Å². The fourth-order valence-corrected chi connectivity index (χ4v) is 3.36. The van der Waals surface area contributed by atoms with Gasteiger partial charge in [0, 0.05) is 19.1 Å². The largest absolute Gasteiger partial charge is 0.464 e. The summed E-state index contributed by atoms with van der Waals surface area (Å²) in [5, 5.41) is 3.60. The molecule has 0 bridgehead atoms. The Balaban J connectivity index is 1.62. The van der Waals surface area contributed by atoms with E-state index in [2.05, 4.69) is 20.2 Å². The number of hydrogen-bond acceptors (Lipinski definition) is 6. The van der Waals surface area contributed by atoms with E-state index in [-0.39, 0.29) is 5.69 Å². The minimum atomic E-state index is -0.436. The first kappa shape index (κ1) is 14.3. The van der Waals surface area contributed by atoms with Crippen LogP contribution in [0.4, 0.5) is 5.82 Å². The molecule has 1 atom stereocenters. The number of carbonyl (C=O) groups is 1. The Kier molecular flexibility index (Phi) is 4.34. The number of nitrogens with zero attached hydrogens (tertiary/aromatic N) is 3. The predicted octanol–water partition coefficient (Wildman–Crippen LogP) is 1.23. The van der Waals surface area contributed by atoms with Gasteiger partial charge in [-0.2, -0.15) is 0 Å². The summed E-state index contributed by atoms with van der Waals surface area (Å²) in [7, 11) is 1.36. The summed E-state index contributed by atoms with van der Waals surface area (Å²) in [6.07, 6.45) is 8.12. The molecule has 1 aromatic rings. The summed E-state index contributed by atoms with van der Waals surface area (Å²) < 4.78 is 4.69. The molecule has 2 aliphatic heterocycles. The van der Waals surface area contributed by atoms with Gasteiger partial charge >= 0.3 is 5.97 Å². The number of hydrogen-bond donors (Lipinski definition) is 1. The van der Waals surface area contributed by atoms with Gasteiger partial charge in [-0.15, -0.1) is 0 Å². The van der Waals surface area contributed by atoms with E-state index in [9.17, 15) is 4.79 Å². The smallest absolute Gasteiger partial charge is 0.358 e. The molecule has 0 radical (unpaired) electrons. The van der Waals surface area contributed by atoms with Gasteiger partial charge in [0.1, 0.15) is 5.82 Å². The summed E-state index contributed by atoms with van der Waals surface area (Å²) in [5.74, 6) is 1.10. The van der Waals surface area contributed by atoms with Crippen LogP contribution in [0.15, 0.2) is 12.4 Å². The van der Waals surface area contributed by atoms with E-state index in [0.29, 0.717) is 6.04 Å². The van der Waals surface area contributed by atoms with Gasteiger partial charge in [0.05, 0.1) is 19.5 Å².